The molecule has 0 saturated carbocycles. The van der Waals surface area contributed by atoms with E-state index in [4.69, 9.17) is 4.74 Å². The van der Waals surface area contributed by atoms with Gasteiger partial charge in [0.05, 0.1) is 12.6 Å². The number of methoxy groups -OCH3 is 1. The van der Waals surface area contributed by atoms with Crippen molar-refractivity contribution in [2.45, 2.75) is 45.6 Å². The zero-order valence-corrected chi connectivity index (χ0v) is 12.8. The first kappa shape index (κ1) is 14.0. The summed E-state index contributed by atoms with van der Waals surface area (Å²) in [5.74, 6) is 0.939. The van der Waals surface area contributed by atoms with Gasteiger partial charge in [-0.2, -0.15) is 0 Å². The first-order valence-electron chi connectivity index (χ1n) is 7.13. The van der Waals surface area contributed by atoms with E-state index >= 15 is 0 Å². The predicted molar refractivity (Wildman–Crippen MR) is 83.0 cm³/mol. The second-order valence-electron chi connectivity index (χ2n) is 5.87. The summed E-state index contributed by atoms with van der Waals surface area (Å²) in [6.07, 6.45) is 6.02. The number of fused-ring (bicyclic) bond motifs is 1. The topological polar surface area (TPSA) is 12.5 Å². The van der Waals surface area contributed by atoms with Gasteiger partial charge in [-0.3, -0.25) is 0 Å². The molecule has 0 bridgehead atoms. The molecular weight excluding hydrogens is 234 g/mol. The highest BCUT2D eigenvalue weighted by Crippen LogP contribution is 2.41. The molecule has 2 nitrogen and oxygen atoms in total. The summed E-state index contributed by atoms with van der Waals surface area (Å²) in [5.41, 5.74) is 4.16. The lowest BCUT2D eigenvalue weighted by Gasteiger charge is -2.41. The maximum atomic E-state index is 5.37. The number of unbranched alkanes of at least 4 members (excludes halogenated alkanes) is 1. The van der Waals surface area contributed by atoms with Crippen molar-refractivity contribution in [1.29, 1.82) is 0 Å². The van der Waals surface area contributed by atoms with Crippen molar-refractivity contribution in [2.24, 2.45) is 0 Å². The Balaban J connectivity index is 2.48. The first-order chi connectivity index (χ1) is 8.99. The van der Waals surface area contributed by atoms with Gasteiger partial charge < -0.3 is 9.64 Å². The maximum Gasteiger partial charge on any atom is 0.119 e. The molecule has 2 heteroatoms. The van der Waals surface area contributed by atoms with Crippen molar-refractivity contribution in [3.05, 3.63) is 29.8 Å². The lowest BCUT2D eigenvalue weighted by Crippen LogP contribution is -2.42. The number of likely N-dealkylation sites (N-methyl/N-ethyl adjacent to an activating group) is 1. The fourth-order valence-corrected chi connectivity index (χ4v) is 2.68. The van der Waals surface area contributed by atoms with Crippen LogP contribution in [0, 0.1) is 0 Å². The summed E-state index contributed by atoms with van der Waals surface area (Å²) in [5, 5.41) is 0. The lowest BCUT2D eigenvalue weighted by atomic mass is 9.86. The van der Waals surface area contributed by atoms with Gasteiger partial charge >= 0.3 is 0 Å². The molecule has 0 spiro atoms. The van der Waals surface area contributed by atoms with E-state index in [-0.39, 0.29) is 5.54 Å². The highest BCUT2D eigenvalue weighted by atomic mass is 16.5. The number of hydrogen-bond donors (Lipinski definition) is 0. The standard InChI is InChI=1S/C17H25NO/c1-6-7-8-13-12-17(2,3)18(4)16-10-9-14(19-5)11-15(13)16/h9-12H,6-8H2,1-5H3. The fraction of sp³-hybridized carbons (Fsp3) is 0.529. The Kier molecular flexibility index (Phi) is 3.88. The highest BCUT2D eigenvalue weighted by molar-refractivity contribution is 5.82. The Morgan fingerprint density at radius 3 is 2.63 bits per heavy atom. The van der Waals surface area contributed by atoms with Crippen molar-refractivity contribution in [3.8, 4) is 5.75 Å². The van der Waals surface area contributed by atoms with Gasteiger partial charge in [0.25, 0.3) is 0 Å². The number of rotatable bonds is 4. The van der Waals surface area contributed by atoms with Gasteiger partial charge in [0, 0.05) is 18.3 Å². The van der Waals surface area contributed by atoms with E-state index in [0.29, 0.717) is 0 Å². The average molecular weight is 259 g/mol. The molecule has 0 radical (unpaired) electrons. The van der Waals surface area contributed by atoms with Crippen LogP contribution in [0.3, 0.4) is 0 Å². The second kappa shape index (κ2) is 5.28. The van der Waals surface area contributed by atoms with Gasteiger partial charge in [0.2, 0.25) is 0 Å². The lowest BCUT2D eigenvalue weighted by molar-refractivity contribution is 0.414. The normalized spacial score (nSPS) is 16.9. The van der Waals surface area contributed by atoms with E-state index in [1.54, 1.807) is 7.11 Å². The number of ether oxygens (including phenoxy) is 1. The molecule has 1 aromatic rings. The predicted octanol–water partition coefficient (Wildman–Crippen LogP) is 4.50. The largest absolute Gasteiger partial charge is 0.497 e. The number of nitrogens with zero attached hydrogens (tertiary/aromatic N) is 1. The van der Waals surface area contributed by atoms with Crippen molar-refractivity contribution in [1.82, 2.24) is 0 Å². The van der Waals surface area contributed by atoms with Gasteiger partial charge in [-0.25, -0.2) is 0 Å². The molecule has 1 aliphatic rings. The molecule has 0 aliphatic carbocycles. The van der Waals surface area contributed by atoms with Crippen molar-refractivity contribution in [3.63, 3.8) is 0 Å². The minimum absolute atomic E-state index is 0.0741. The summed E-state index contributed by atoms with van der Waals surface area (Å²) in [6, 6.07) is 6.39. The summed E-state index contributed by atoms with van der Waals surface area (Å²) in [7, 11) is 3.89. The zero-order valence-electron chi connectivity index (χ0n) is 12.8. The van der Waals surface area contributed by atoms with Gasteiger partial charge in [-0.05, 0) is 50.5 Å². The Morgan fingerprint density at radius 1 is 1.26 bits per heavy atom. The molecule has 19 heavy (non-hydrogen) atoms. The quantitative estimate of drug-likeness (QED) is 0.789. The average Bonchev–Trinajstić information content (AvgIpc) is 2.40. The van der Waals surface area contributed by atoms with Crippen molar-refractivity contribution in [2.75, 3.05) is 19.1 Å². The van der Waals surface area contributed by atoms with Crippen LogP contribution in [0.25, 0.3) is 5.57 Å². The fourth-order valence-electron chi connectivity index (χ4n) is 2.68. The van der Waals surface area contributed by atoms with Crippen LogP contribution in [-0.4, -0.2) is 19.7 Å². The summed E-state index contributed by atoms with van der Waals surface area (Å²) in [6.45, 7) is 6.78. The number of hydrogen-bond acceptors (Lipinski definition) is 2. The van der Waals surface area contributed by atoms with E-state index in [0.717, 1.165) is 12.2 Å². The van der Waals surface area contributed by atoms with Crippen LogP contribution in [0.4, 0.5) is 5.69 Å². The Morgan fingerprint density at radius 2 is 2.00 bits per heavy atom. The van der Waals surface area contributed by atoms with Gasteiger partial charge in [-0.1, -0.05) is 19.4 Å². The van der Waals surface area contributed by atoms with Gasteiger partial charge in [0.1, 0.15) is 5.75 Å². The highest BCUT2D eigenvalue weighted by Gasteiger charge is 2.29. The zero-order chi connectivity index (χ0) is 14.0. The Bertz CT molecular complexity index is 488. The Hall–Kier alpha value is -1.44. The van der Waals surface area contributed by atoms with Gasteiger partial charge in [0.15, 0.2) is 0 Å². The molecule has 104 valence electrons. The van der Waals surface area contributed by atoms with Crippen LogP contribution < -0.4 is 9.64 Å². The molecule has 0 fully saturated rings. The molecule has 0 N–H and O–H groups in total. The third kappa shape index (κ3) is 2.63. The summed E-state index contributed by atoms with van der Waals surface area (Å²) in [4.78, 5) is 2.34. The third-order valence-electron chi connectivity index (χ3n) is 4.10. The number of anilines is 1. The molecule has 0 amide bonds. The molecule has 0 unspecified atom stereocenters. The van der Waals surface area contributed by atoms with Crippen LogP contribution in [0.5, 0.6) is 5.75 Å². The molecule has 2 rings (SSSR count). The van der Waals surface area contributed by atoms with Crippen LogP contribution in [0.15, 0.2) is 24.3 Å². The second-order valence-corrected chi connectivity index (χ2v) is 5.87. The number of benzene rings is 1. The van der Waals surface area contributed by atoms with E-state index in [9.17, 15) is 0 Å². The van der Waals surface area contributed by atoms with Crippen LogP contribution in [-0.2, 0) is 0 Å². The van der Waals surface area contributed by atoms with E-state index in [2.05, 4.69) is 50.9 Å². The van der Waals surface area contributed by atoms with Gasteiger partial charge in [-0.15, -0.1) is 0 Å². The minimum atomic E-state index is 0.0741. The number of allylic oxidation sites excluding steroid dienone is 1. The molecule has 0 saturated heterocycles. The summed E-state index contributed by atoms with van der Waals surface area (Å²) >= 11 is 0. The van der Waals surface area contributed by atoms with Crippen LogP contribution >= 0.6 is 0 Å². The molecule has 1 aliphatic heterocycles. The summed E-state index contributed by atoms with van der Waals surface area (Å²) < 4.78 is 5.37. The third-order valence-corrected chi connectivity index (χ3v) is 4.10. The molecule has 0 aromatic heterocycles. The maximum absolute atomic E-state index is 5.37. The van der Waals surface area contributed by atoms with Crippen molar-refractivity contribution >= 4 is 11.3 Å². The van der Waals surface area contributed by atoms with E-state index < -0.39 is 0 Å². The molecule has 0 atom stereocenters. The smallest absolute Gasteiger partial charge is 0.119 e. The molecular formula is C17H25NO. The minimum Gasteiger partial charge on any atom is -0.497 e. The monoisotopic (exact) mass is 259 g/mol. The first-order valence-corrected chi connectivity index (χ1v) is 7.13. The van der Waals surface area contributed by atoms with Crippen LogP contribution in [0.2, 0.25) is 0 Å². The van der Waals surface area contributed by atoms with Crippen molar-refractivity contribution < 1.29 is 4.74 Å². The van der Waals surface area contributed by atoms with E-state index in [1.165, 1.54) is 29.7 Å². The van der Waals surface area contributed by atoms with E-state index in [1.807, 2.05) is 6.07 Å². The SMILES string of the molecule is CCCCC1=CC(C)(C)N(C)c2ccc(OC)cc21. The molecule has 1 heterocycles. The van der Waals surface area contributed by atoms with Crippen LogP contribution in [0.1, 0.15) is 45.6 Å². The Labute approximate surface area is 117 Å². The molecule has 1 aromatic carbocycles.